The van der Waals surface area contributed by atoms with Crippen LogP contribution in [0.1, 0.15) is 38.5 Å². The van der Waals surface area contributed by atoms with E-state index in [9.17, 15) is 0 Å². The van der Waals surface area contributed by atoms with Gasteiger partial charge in [0.1, 0.15) is 0 Å². The molecule has 4 aliphatic rings. The van der Waals surface area contributed by atoms with Gasteiger partial charge in [0.15, 0.2) is 0 Å². The van der Waals surface area contributed by atoms with Crippen LogP contribution in [0, 0.1) is 30.2 Å². The van der Waals surface area contributed by atoms with E-state index in [1.165, 1.54) is 38.5 Å². The largest absolute Gasteiger partial charge is 0.340 e. The van der Waals surface area contributed by atoms with Gasteiger partial charge in [0.25, 0.3) is 0 Å². The molecule has 5 rings (SSSR count). The molecule has 0 amide bonds. The van der Waals surface area contributed by atoms with Crippen molar-refractivity contribution in [1.82, 2.24) is 10.3 Å². The lowest BCUT2D eigenvalue weighted by atomic mass is 9.53. The summed E-state index contributed by atoms with van der Waals surface area (Å²) in [7, 11) is 0. The van der Waals surface area contributed by atoms with Crippen LogP contribution in [-0.4, -0.2) is 10.5 Å². The molecular weight excluding hydrogens is 232 g/mol. The first-order valence-corrected chi connectivity index (χ1v) is 7.37. The predicted octanol–water partition coefficient (Wildman–Crippen LogP) is 3.22. The van der Waals surface area contributed by atoms with E-state index in [-0.39, 0.29) is 0 Å². The molecule has 2 heteroatoms. The van der Waals surface area contributed by atoms with Gasteiger partial charge in [-0.25, -0.2) is 0 Å². The van der Waals surface area contributed by atoms with Crippen molar-refractivity contribution in [2.75, 3.05) is 0 Å². The summed E-state index contributed by atoms with van der Waals surface area (Å²) in [6.07, 6.45) is 17.4. The first kappa shape index (κ1) is 12.5. The molecule has 0 unspecified atom stereocenters. The monoisotopic (exact) mass is 254 g/mol. The summed E-state index contributed by atoms with van der Waals surface area (Å²) < 4.78 is 0. The van der Waals surface area contributed by atoms with E-state index in [4.69, 9.17) is 6.42 Å². The lowest BCUT2D eigenvalue weighted by molar-refractivity contribution is -0.0115. The minimum Gasteiger partial charge on any atom is -0.340 e. The molecule has 4 bridgehead atoms. The SMILES string of the molecule is C#CNC12CC3CC(CC(C3)C1)C2.c1ccncc1. The van der Waals surface area contributed by atoms with Gasteiger partial charge in [-0.1, -0.05) is 12.5 Å². The van der Waals surface area contributed by atoms with E-state index in [0.717, 1.165) is 17.8 Å². The zero-order chi connectivity index (χ0) is 13.1. The summed E-state index contributed by atoms with van der Waals surface area (Å²) in [5, 5.41) is 3.32. The Morgan fingerprint density at radius 3 is 1.79 bits per heavy atom. The Bertz CT molecular complexity index is 384. The fourth-order valence-corrected chi connectivity index (χ4v) is 4.73. The molecule has 4 fully saturated rings. The van der Waals surface area contributed by atoms with Crippen molar-refractivity contribution >= 4 is 0 Å². The normalized spacial score (nSPS) is 37.9. The molecule has 1 N–H and O–H groups in total. The van der Waals surface area contributed by atoms with Gasteiger partial charge in [-0.15, -0.1) is 0 Å². The fourth-order valence-electron chi connectivity index (χ4n) is 4.73. The predicted molar refractivity (Wildman–Crippen MR) is 77.1 cm³/mol. The number of aromatic nitrogens is 1. The number of nitrogens with one attached hydrogen (secondary N) is 1. The third kappa shape index (κ3) is 2.76. The topological polar surface area (TPSA) is 24.9 Å². The Morgan fingerprint density at radius 2 is 1.47 bits per heavy atom. The first-order valence-electron chi connectivity index (χ1n) is 7.37. The Hall–Kier alpha value is -1.49. The van der Waals surface area contributed by atoms with Gasteiger partial charge in [0, 0.05) is 24.0 Å². The first-order chi connectivity index (χ1) is 9.30. The van der Waals surface area contributed by atoms with E-state index < -0.39 is 0 Å². The van der Waals surface area contributed by atoms with Gasteiger partial charge in [-0.3, -0.25) is 4.98 Å². The molecule has 0 aliphatic heterocycles. The van der Waals surface area contributed by atoms with Gasteiger partial charge in [0.05, 0.1) is 0 Å². The summed E-state index contributed by atoms with van der Waals surface area (Å²) in [6, 6.07) is 8.39. The van der Waals surface area contributed by atoms with Crippen LogP contribution in [0.15, 0.2) is 30.6 Å². The summed E-state index contributed by atoms with van der Waals surface area (Å²) in [4.78, 5) is 3.78. The quantitative estimate of drug-likeness (QED) is 0.615. The molecule has 0 spiro atoms. The molecule has 1 aromatic rings. The minimum absolute atomic E-state index is 0.365. The van der Waals surface area contributed by atoms with Crippen molar-refractivity contribution in [3.8, 4) is 12.5 Å². The molecular formula is C17H22N2. The average molecular weight is 254 g/mol. The number of hydrogen-bond acceptors (Lipinski definition) is 2. The van der Waals surface area contributed by atoms with E-state index >= 15 is 0 Å². The zero-order valence-electron chi connectivity index (χ0n) is 11.4. The second kappa shape index (κ2) is 5.25. The highest BCUT2D eigenvalue weighted by Gasteiger charge is 2.50. The molecule has 1 heterocycles. The van der Waals surface area contributed by atoms with E-state index in [2.05, 4.69) is 16.3 Å². The Balaban J connectivity index is 0.000000155. The van der Waals surface area contributed by atoms with Crippen LogP contribution < -0.4 is 5.32 Å². The molecule has 2 nitrogen and oxygen atoms in total. The van der Waals surface area contributed by atoms with Crippen molar-refractivity contribution < 1.29 is 0 Å². The molecule has 4 aliphatic carbocycles. The highest BCUT2D eigenvalue weighted by atomic mass is 15.0. The number of terminal acetylenes is 1. The lowest BCUT2D eigenvalue weighted by Crippen LogP contribution is -2.57. The van der Waals surface area contributed by atoms with Crippen molar-refractivity contribution in [3.63, 3.8) is 0 Å². The third-order valence-corrected chi connectivity index (χ3v) is 4.94. The maximum Gasteiger partial charge on any atom is 0.0457 e. The number of nitrogens with zero attached hydrogens (tertiary/aromatic N) is 1. The van der Waals surface area contributed by atoms with Crippen LogP contribution in [-0.2, 0) is 0 Å². The van der Waals surface area contributed by atoms with Crippen LogP contribution in [0.5, 0.6) is 0 Å². The molecule has 1 aromatic heterocycles. The molecule has 19 heavy (non-hydrogen) atoms. The van der Waals surface area contributed by atoms with Crippen LogP contribution in [0.4, 0.5) is 0 Å². The number of rotatable bonds is 1. The highest BCUT2D eigenvalue weighted by molar-refractivity contribution is 5.09. The van der Waals surface area contributed by atoms with E-state index in [1.54, 1.807) is 12.4 Å². The van der Waals surface area contributed by atoms with Crippen LogP contribution >= 0.6 is 0 Å². The molecule has 0 atom stereocenters. The fraction of sp³-hybridized carbons (Fsp3) is 0.588. The molecule has 0 saturated heterocycles. The van der Waals surface area contributed by atoms with Crippen molar-refractivity contribution in [2.24, 2.45) is 17.8 Å². The standard InChI is InChI=1S/C12H17N.C5H5N/c1-2-13-12-6-9-3-10(7-12)5-11(4-9)8-12;1-2-4-6-5-3-1/h1,9-11,13H,3-8H2;1-5H. The summed E-state index contributed by atoms with van der Waals surface area (Å²) in [5.41, 5.74) is 0.365. The highest BCUT2D eigenvalue weighted by Crippen LogP contribution is 2.55. The third-order valence-electron chi connectivity index (χ3n) is 4.94. The van der Waals surface area contributed by atoms with E-state index in [0.29, 0.717) is 5.54 Å². The average Bonchev–Trinajstić information content (AvgIpc) is 2.39. The Morgan fingerprint density at radius 1 is 0.947 bits per heavy atom. The van der Waals surface area contributed by atoms with Crippen LogP contribution in [0.3, 0.4) is 0 Å². The summed E-state index contributed by atoms with van der Waals surface area (Å²) >= 11 is 0. The van der Waals surface area contributed by atoms with Gasteiger partial charge in [0.2, 0.25) is 0 Å². The summed E-state index contributed by atoms with van der Waals surface area (Å²) in [6.45, 7) is 0. The van der Waals surface area contributed by atoms with Gasteiger partial charge >= 0.3 is 0 Å². The van der Waals surface area contributed by atoms with Gasteiger partial charge in [-0.2, -0.15) is 0 Å². The van der Waals surface area contributed by atoms with Crippen molar-refractivity contribution in [3.05, 3.63) is 30.6 Å². The van der Waals surface area contributed by atoms with Gasteiger partial charge in [-0.05, 0) is 68.4 Å². The van der Waals surface area contributed by atoms with Gasteiger partial charge < -0.3 is 5.32 Å². The second-order valence-electron chi connectivity index (χ2n) is 6.49. The van der Waals surface area contributed by atoms with Crippen LogP contribution in [0.25, 0.3) is 0 Å². The molecule has 0 aromatic carbocycles. The minimum atomic E-state index is 0.365. The summed E-state index contributed by atoms with van der Waals surface area (Å²) in [5.74, 6) is 2.98. The Labute approximate surface area is 116 Å². The molecule has 0 radical (unpaired) electrons. The number of hydrogen-bond donors (Lipinski definition) is 1. The smallest absolute Gasteiger partial charge is 0.0457 e. The second-order valence-corrected chi connectivity index (χ2v) is 6.49. The number of pyridine rings is 1. The Kier molecular flexibility index (Phi) is 3.46. The molecule has 100 valence electrons. The maximum atomic E-state index is 5.39. The van der Waals surface area contributed by atoms with Crippen molar-refractivity contribution in [2.45, 2.75) is 44.1 Å². The van der Waals surface area contributed by atoms with E-state index in [1.807, 2.05) is 18.2 Å². The van der Waals surface area contributed by atoms with Crippen LogP contribution in [0.2, 0.25) is 0 Å². The molecule has 4 saturated carbocycles. The maximum absolute atomic E-state index is 5.39. The van der Waals surface area contributed by atoms with Crippen molar-refractivity contribution in [1.29, 1.82) is 0 Å². The zero-order valence-corrected chi connectivity index (χ0v) is 11.4. The lowest BCUT2D eigenvalue weighted by Gasteiger charge is -2.56.